The van der Waals surface area contributed by atoms with Crippen LogP contribution in [0.2, 0.25) is 0 Å². The van der Waals surface area contributed by atoms with E-state index in [1.165, 1.54) is 11.4 Å². The largest absolute Gasteiger partial charge is 0.497 e. The third-order valence-electron chi connectivity index (χ3n) is 7.71. The summed E-state index contributed by atoms with van der Waals surface area (Å²) in [7, 11) is -0.613. The predicted octanol–water partition coefficient (Wildman–Crippen LogP) is 2.87. The molecule has 36 heavy (non-hydrogen) atoms. The number of likely N-dealkylation sites (N-methyl/N-ethyl adjacent to an activating group) is 1. The first-order valence-corrected chi connectivity index (χ1v) is 14.4. The summed E-state index contributed by atoms with van der Waals surface area (Å²) in [5.41, 5.74) is 1.26. The van der Waals surface area contributed by atoms with Gasteiger partial charge in [-0.1, -0.05) is 0 Å². The molecule has 8 nitrogen and oxygen atoms in total. The molecule has 2 fully saturated rings. The molecule has 0 bridgehead atoms. The third kappa shape index (κ3) is 7.18. The lowest BCUT2D eigenvalue weighted by atomic mass is 9.79. The van der Waals surface area contributed by atoms with Crippen LogP contribution >= 0.6 is 0 Å². The Bertz CT molecular complexity index is 951. The van der Waals surface area contributed by atoms with Crippen molar-refractivity contribution in [2.45, 2.75) is 44.4 Å². The maximum atomic E-state index is 13.1. The highest BCUT2D eigenvalue weighted by molar-refractivity contribution is 7.89. The van der Waals surface area contributed by atoms with E-state index >= 15 is 0 Å². The zero-order chi connectivity index (χ0) is 26.3. The highest BCUT2D eigenvalue weighted by Gasteiger charge is 2.31. The van der Waals surface area contributed by atoms with Crippen LogP contribution in [0.3, 0.4) is 0 Å². The Kier molecular flexibility index (Phi) is 10.5. The lowest BCUT2D eigenvalue weighted by Gasteiger charge is -2.40. The molecule has 0 aliphatic carbocycles. The minimum absolute atomic E-state index is 0.0409. The number of carbonyl (C=O) groups is 1. The summed E-state index contributed by atoms with van der Waals surface area (Å²) in [5.74, 6) is 1.88. The van der Waals surface area contributed by atoms with Gasteiger partial charge in [-0.05, 0) is 87.7 Å². The fourth-order valence-corrected chi connectivity index (χ4v) is 7.10. The third-order valence-corrected chi connectivity index (χ3v) is 9.87. The number of hydrogen-bond donors (Lipinski definition) is 0. The summed E-state index contributed by atoms with van der Waals surface area (Å²) in [6.07, 6.45) is 4.24. The van der Waals surface area contributed by atoms with Gasteiger partial charge in [0.1, 0.15) is 19.0 Å². The standard InChI is InChI=1S/C26H42FN3O5S/c1-20-17-24(34-4)18-21(2)26(20)36(32,33)28(3)15-16-35-19-25(31)30-12-7-23(8-13-30)22-5-10-29(11-6-22)14-9-27/h17-18,22-23H,5-16,19H2,1-4H3. The first-order valence-electron chi connectivity index (χ1n) is 12.9. The van der Waals surface area contributed by atoms with Gasteiger partial charge in [0, 0.05) is 33.2 Å². The van der Waals surface area contributed by atoms with Gasteiger partial charge in [-0.2, -0.15) is 4.31 Å². The zero-order valence-corrected chi connectivity index (χ0v) is 23.0. The van der Waals surface area contributed by atoms with Crippen LogP contribution in [-0.2, 0) is 19.6 Å². The molecule has 0 saturated carbocycles. The van der Waals surface area contributed by atoms with E-state index in [9.17, 15) is 17.6 Å². The Morgan fingerprint density at radius 2 is 1.61 bits per heavy atom. The van der Waals surface area contributed by atoms with Crippen LogP contribution in [0.25, 0.3) is 0 Å². The van der Waals surface area contributed by atoms with Crippen molar-refractivity contribution < 1.29 is 27.1 Å². The van der Waals surface area contributed by atoms with Gasteiger partial charge in [-0.25, -0.2) is 12.8 Å². The number of carbonyl (C=O) groups excluding carboxylic acids is 1. The second kappa shape index (κ2) is 13.2. The van der Waals surface area contributed by atoms with Gasteiger partial charge in [0.2, 0.25) is 15.9 Å². The van der Waals surface area contributed by atoms with Crippen molar-refractivity contribution in [1.82, 2.24) is 14.1 Å². The van der Waals surface area contributed by atoms with E-state index in [2.05, 4.69) is 4.90 Å². The Hall–Kier alpha value is -1.75. The quantitative estimate of drug-likeness (QED) is 0.412. The van der Waals surface area contributed by atoms with Crippen molar-refractivity contribution in [3.8, 4) is 5.75 Å². The minimum atomic E-state index is -3.69. The van der Waals surface area contributed by atoms with E-state index in [1.807, 2.05) is 4.90 Å². The Morgan fingerprint density at radius 3 is 2.14 bits per heavy atom. The predicted molar refractivity (Wildman–Crippen MR) is 138 cm³/mol. The van der Waals surface area contributed by atoms with Gasteiger partial charge in [-0.15, -0.1) is 0 Å². The van der Waals surface area contributed by atoms with Crippen molar-refractivity contribution in [2.24, 2.45) is 11.8 Å². The zero-order valence-electron chi connectivity index (χ0n) is 22.2. The molecule has 10 heteroatoms. The molecule has 2 saturated heterocycles. The van der Waals surface area contributed by atoms with Crippen LogP contribution in [0.15, 0.2) is 17.0 Å². The molecule has 2 aliphatic heterocycles. The summed E-state index contributed by atoms with van der Waals surface area (Å²) < 4.78 is 50.8. The second-order valence-electron chi connectivity index (χ2n) is 10.1. The van der Waals surface area contributed by atoms with Crippen molar-refractivity contribution in [3.63, 3.8) is 0 Å². The van der Waals surface area contributed by atoms with Crippen LogP contribution < -0.4 is 4.74 Å². The van der Waals surface area contributed by atoms with Crippen molar-refractivity contribution in [2.75, 3.05) is 73.3 Å². The molecule has 3 rings (SSSR count). The molecule has 1 amide bonds. The van der Waals surface area contributed by atoms with Crippen LogP contribution in [-0.4, -0.2) is 102 Å². The van der Waals surface area contributed by atoms with Gasteiger partial charge in [0.05, 0.1) is 18.6 Å². The fourth-order valence-electron chi connectivity index (χ4n) is 5.54. The number of sulfonamides is 1. The highest BCUT2D eigenvalue weighted by atomic mass is 32.2. The van der Waals surface area contributed by atoms with Gasteiger partial charge >= 0.3 is 0 Å². The molecule has 0 N–H and O–H groups in total. The van der Waals surface area contributed by atoms with Gasteiger partial charge < -0.3 is 19.3 Å². The summed E-state index contributed by atoms with van der Waals surface area (Å²) in [4.78, 5) is 17.0. The molecular weight excluding hydrogens is 485 g/mol. The Balaban J connectivity index is 1.39. The average molecular weight is 528 g/mol. The number of methoxy groups -OCH3 is 1. The van der Waals surface area contributed by atoms with Crippen LogP contribution in [0.5, 0.6) is 5.75 Å². The number of hydrogen-bond acceptors (Lipinski definition) is 6. The van der Waals surface area contributed by atoms with Crippen molar-refractivity contribution in [3.05, 3.63) is 23.3 Å². The molecule has 2 heterocycles. The molecule has 204 valence electrons. The molecule has 0 atom stereocenters. The maximum Gasteiger partial charge on any atom is 0.248 e. The van der Waals surface area contributed by atoms with E-state index in [-0.39, 0.29) is 37.2 Å². The summed E-state index contributed by atoms with van der Waals surface area (Å²) in [5, 5.41) is 0. The molecule has 1 aromatic rings. The van der Waals surface area contributed by atoms with Gasteiger partial charge in [-0.3, -0.25) is 4.79 Å². The van der Waals surface area contributed by atoms with E-state index < -0.39 is 10.0 Å². The van der Waals surface area contributed by atoms with Crippen molar-refractivity contribution >= 4 is 15.9 Å². The number of aryl methyl sites for hydroxylation is 2. The number of nitrogens with zero attached hydrogens (tertiary/aromatic N) is 3. The number of alkyl halides is 1. The lowest BCUT2D eigenvalue weighted by Crippen LogP contribution is -2.44. The first kappa shape index (κ1) is 28.8. The molecule has 0 spiro atoms. The SMILES string of the molecule is COc1cc(C)c(S(=O)(=O)N(C)CCOCC(=O)N2CCC(C3CCN(CCF)CC3)CC2)c(C)c1. The Labute approximate surface area is 215 Å². The number of rotatable bonds is 11. The number of benzene rings is 1. The van der Waals surface area contributed by atoms with E-state index in [0.717, 1.165) is 51.9 Å². The van der Waals surface area contributed by atoms with Crippen LogP contribution in [0.1, 0.15) is 36.8 Å². The van der Waals surface area contributed by atoms with Crippen LogP contribution in [0, 0.1) is 25.7 Å². The number of likely N-dealkylation sites (tertiary alicyclic amines) is 2. The second-order valence-corrected chi connectivity index (χ2v) is 12.0. The molecule has 0 radical (unpaired) electrons. The molecular formula is C26H42FN3O5S. The Morgan fingerprint density at radius 1 is 1.06 bits per heavy atom. The number of amides is 1. The molecule has 1 aromatic carbocycles. The minimum Gasteiger partial charge on any atom is -0.497 e. The van der Waals surface area contributed by atoms with Gasteiger partial charge in [0.25, 0.3) is 0 Å². The fraction of sp³-hybridized carbons (Fsp3) is 0.731. The van der Waals surface area contributed by atoms with E-state index in [1.54, 1.807) is 33.1 Å². The summed E-state index contributed by atoms with van der Waals surface area (Å²) >= 11 is 0. The summed E-state index contributed by atoms with van der Waals surface area (Å²) in [6, 6.07) is 3.42. The average Bonchev–Trinajstić information content (AvgIpc) is 2.86. The number of ether oxygens (including phenoxy) is 2. The highest BCUT2D eigenvalue weighted by Crippen LogP contribution is 2.32. The molecule has 0 aromatic heterocycles. The summed E-state index contributed by atoms with van der Waals surface area (Å²) in [6.45, 7) is 7.46. The smallest absolute Gasteiger partial charge is 0.248 e. The topological polar surface area (TPSA) is 79.4 Å². The first-order chi connectivity index (χ1) is 17.2. The number of halogens is 1. The normalized spacial score (nSPS) is 18.7. The molecule has 2 aliphatic rings. The van der Waals surface area contributed by atoms with E-state index in [0.29, 0.717) is 35.3 Å². The number of piperidine rings is 2. The molecule has 0 unspecified atom stereocenters. The van der Waals surface area contributed by atoms with Crippen LogP contribution in [0.4, 0.5) is 4.39 Å². The van der Waals surface area contributed by atoms with E-state index in [4.69, 9.17) is 9.47 Å². The lowest BCUT2D eigenvalue weighted by molar-refractivity contribution is -0.137. The monoisotopic (exact) mass is 527 g/mol. The maximum absolute atomic E-state index is 13.1. The van der Waals surface area contributed by atoms with Crippen molar-refractivity contribution in [1.29, 1.82) is 0 Å². The van der Waals surface area contributed by atoms with Gasteiger partial charge in [0.15, 0.2) is 0 Å².